The van der Waals surface area contributed by atoms with E-state index in [1.165, 1.54) is 22.5 Å². The number of para-hydroxylation sites is 1. The smallest absolute Gasteiger partial charge is 0.264 e. The molecule has 39 heavy (non-hydrogen) atoms. The van der Waals surface area contributed by atoms with Crippen molar-refractivity contribution in [3.8, 4) is 11.5 Å². The van der Waals surface area contributed by atoms with Gasteiger partial charge in [-0.15, -0.1) is 0 Å². The Kier molecular flexibility index (Phi) is 8.05. The van der Waals surface area contributed by atoms with Gasteiger partial charge in [0.1, 0.15) is 18.1 Å². The molecule has 0 saturated carbocycles. The van der Waals surface area contributed by atoms with Crippen molar-refractivity contribution in [3.63, 3.8) is 0 Å². The zero-order valence-electron chi connectivity index (χ0n) is 21.0. The molecule has 4 aromatic rings. The molecule has 1 amide bonds. The lowest BCUT2D eigenvalue weighted by molar-refractivity contribution is -0.118. The van der Waals surface area contributed by atoms with Crippen LogP contribution in [-0.4, -0.2) is 27.5 Å². The van der Waals surface area contributed by atoms with Crippen LogP contribution in [0.5, 0.6) is 11.5 Å². The minimum Gasteiger partial charge on any atom is -0.489 e. The molecule has 0 saturated heterocycles. The van der Waals surface area contributed by atoms with Gasteiger partial charge in [-0.1, -0.05) is 60.1 Å². The highest BCUT2D eigenvalue weighted by molar-refractivity contribution is 7.92. The van der Waals surface area contributed by atoms with Crippen molar-refractivity contribution in [1.29, 1.82) is 0 Å². The summed E-state index contributed by atoms with van der Waals surface area (Å²) in [5, 5.41) is 2.86. The fourth-order valence-electron chi connectivity index (χ4n) is 4.35. The van der Waals surface area contributed by atoms with Gasteiger partial charge in [-0.3, -0.25) is 9.10 Å². The van der Waals surface area contributed by atoms with Crippen molar-refractivity contribution in [1.82, 2.24) is 0 Å². The number of carbonyl (C=O) groups is 1. The number of aryl methyl sites for hydroxylation is 1. The van der Waals surface area contributed by atoms with Crippen molar-refractivity contribution in [3.05, 3.63) is 113 Å². The number of halogens is 1. The zero-order valence-corrected chi connectivity index (χ0v) is 22.6. The fourth-order valence-corrected chi connectivity index (χ4v) is 6.22. The molecule has 9 heteroatoms. The van der Waals surface area contributed by atoms with E-state index in [0.29, 0.717) is 30.3 Å². The van der Waals surface area contributed by atoms with Crippen LogP contribution in [-0.2, 0) is 27.8 Å². The molecule has 0 radical (unpaired) electrons. The van der Waals surface area contributed by atoms with Crippen LogP contribution in [0, 0.1) is 0 Å². The maximum atomic E-state index is 13.4. The molecular formula is C30H27ClN2O5S. The lowest BCUT2D eigenvalue weighted by Gasteiger charge is -2.30. The Bertz CT molecular complexity index is 1560. The van der Waals surface area contributed by atoms with Crippen LogP contribution in [0.25, 0.3) is 0 Å². The van der Waals surface area contributed by atoms with E-state index in [-0.39, 0.29) is 28.2 Å². The number of sulfonamides is 1. The summed E-state index contributed by atoms with van der Waals surface area (Å²) >= 11 is 6.36. The van der Waals surface area contributed by atoms with Crippen molar-refractivity contribution < 1.29 is 22.7 Å². The lowest BCUT2D eigenvalue weighted by Crippen LogP contribution is -2.35. The van der Waals surface area contributed by atoms with Crippen molar-refractivity contribution >= 4 is 38.9 Å². The Morgan fingerprint density at radius 1 is 0.897 bits per heavy atom. The van der Waals surface area contributed by atoms with E-state index in [9.17, 15) is 13.2 Å². The van der Waals surface area contributed by atoms with Gasteiger partial charge in [0.05, 0.1) is 15.6 Å². The molecule has 0 spiro atoms. The molecule has 0 fully saturated rings. The number of fused-ring (bicyclic) bond motifs is 1. The molecule has 0 aliphatic carbocycles. The Hall–Kier alpha value is -4.01. The number of amides is 1. The fraction of sp³-hybridized carbons (Fsp3) is 0.167. The first-order chi connectivity index (χ1) is 18.9. The lowest BCUT2D eigenvalue weighted by atomic mass is 10.0. The number of hydrogen-bond donors (Lipinski definition) is 1. The van der Waals surface area contributed by atoms with E-state index in [1.807, 2.05) is 54.6 Å². The number of carbonyl (C=O) groups excluding carboxylic acids is 1. The predicted octanol–water partition coefficient (Wildman–Crippen LogP) is 6.08. The molecule has 200 valence electrons. The molecule has 0 bridgehead atoms. The van der Waals surface area contributed by atoms with E-state index in [1.54, 1.807) is 24.3 Å². The molecule has 1 heterocycles. The Balaban J connectivity index is 1.17. The monoisotopic (exact) mass is 562 g/mol. The normalized spacial score (nSPS) is 12.9. The van der Waals surface area contributed by atoms with Crippen LogP contribution < -0.4 is 19.1 Å². The van der Waals surface area contributed by atoms with Crippen LogP contribution in [0.3, 0.4) is 0 Å². The number of anilines is 2. The Morgan fingerprint density at radius 2 is 1.64 bits per heavy atom. The van der Waals surface area contributed by atoms with E-state index >= 15 is 0 Å². The van der Waals surface area contributed by atoms with Gasteiger partial charge in [-0.2, -0.15) is 0 Å². The average Bonchev–Trinajstić information content (AvgIpc) is 2.96. The molecule has 0 unspecified atom stereocenters. The topological polar surface area (TPSA) is 84.9 Å². The van der Waals surface area contributed by atoms with Crippen LogP contribution in [0.1, 0.15) is 17.5 Å². The first-order valence-electron chi connectivity index (χ1n) is 12.5. The minimum atomic E-state index is -3.81. The highest BCUT2D eigenvalue weighted by Crippen LogP contribution is 2.34. The highest BCUT2D eigenvalue weighted by Gasteiger charge is 2.29. The largest absolute Gasteiger partial charge is 0.489 e. The number of nitrogens with zero attached hydrogens (tertiary/aromatic N) is 1. The predicted molar refractivity (Wildman–Crippen MR) is 152 cm³/mol. The summed E-state index contributed by atoms with van der Waals surface area (Å²) in [4.78, 5) is 12.5. The van der Waals surface area contributed by atoms with E-state index in [4.69, 9.17) is 21.1 Å². The average molecular weight is 563 g/mol. The van der Waals surface area contributed by atoms with Gasteiger partial charge in [0, 0.05) is 12.2 Å². The third kappa shape index (κ3) is 6.35. The van der Waals surface area contributed by atoms with E-state index < -0.39 is 10.0 Å². The Morgan fingerprint density at radius 3 is 2.41 bits per heavy atom. The van der Waals surface area contributed by atoms with Crippen LogP contribution in [0.15, 0.2) is 102 Å². The number of ether oxygens (including phenoxy) is 2. The Labute approximate surface area is 233 Å². The molecule has 0 atom stereocenters. The number of rotatable bonds is 9. The summed E-state index contributed by atoms with van der Waals surface area (Å²) in [5.74, 6) is 0.517. The van der Waals surface area contributed by atoms with Gasteiger partial charge < -0.3 is 14.8 Å². The number of nitrogens with one attached hydrogen (secondary N) is 1. The second kappa shape index (κ2) is 11.8. The van der Waals surface area contributed by atoms with Crippen molar-refractivity contribution in [2.24, 2.45) is 0 Å². The first-order valence-corrected chi connectivity index (χ1v) is 14.3. The van der Waals surface area contributed by atoms with Crippen LogP contribution in [0.2, 0.25) is 5.02 Å². The summed E-state index contributed by atoms with van der Waals surface area (Å²) in [5.41, 5.74) is 3.34. The van der Waals surface area contributed by atoms with E-state index in [2.05, 4.69) is 5.32 Å². The maximum absolute atomic E-state index is 13.4. The van der Waals surface area contributed by atoms with E-state index in [0.717, 1.165) is 24.0 Å². The molecule has 1 N–H and O–H groups in total. The van der Waals surface area contributed by atoms with Gasteiger partial charge in [0.15, 0.2) is 6.61 Å². The number of benzene rings is 4. The minimum absolute atomic E-state index is 0.0653. The molecule has 1 aliphatic rings. The van der Waals surface area contributed by atoms with Crippen molar-refractivity contribution in [2.45, 2.75) is 24.3 Å². The molecule has 7 nitrogen and oxygen atoms in total. The van der Waals surface area contributed by atoms with Gasteiger partial charge in [0.2, 0.25) is 0 Å². The van der Waals surface area contributed by atoms with Crippen molar-refractivity contribution in [2.75, 3.05) is 22.8 Å². The summed E-state index contributed by atoms with van der Waals surface area (Å²) < 4.78 is 39.5. The van der Waals surface area contributed by atoms with Gasteiger partial charge in [-0.25, -0.2) is 8.42 Å². The third-order valence-corrected chi connectivity index (χ3v) is 8.41. The second-order valence-electron chi connectivity index (χ2n) is 9.04. The standard InChI is InChI=1S/C30H27ClN2O5S/c31-27-19-26(39(35,36)33-18-6-10-23-9-4-5-11-28(23)33)16-17-29(27)38-21-30(34)32-24-12-14-25(15-13-24)37-20-22-7-2-1-3-8-22/h1-5,7-9,11-17,19H,6,10,18,20-21H2,(H,32,34). The quantitative estimate of drug-likeness (QED) is 0.267. The SMILES string of the molecule is O=C(COc1ccc(S(=O)(=O)N2CCCc3ccccc32)cc1Cl)Nc1ccc(OCc2ccccc2)cc1. The molecular weight excluding hydrogens is 536 g/mol. The second-order valence-corrected chi connectivity index (χ2v) is 11.3. The zero-order chi connectivity index (χ0) is 27.2. The summed E-state index contributed by atoms with van der Waals surface area (Å²) in [6.45, 7) is 0.555. The van der Waals surface area contributed by atoms with Gasteiger partial charge in [-0.05, 0) is 72.5 Å². The van der Waals surface area contributed by atoms with Gasteiger partial charge in [0.25, 0.3) is 15.9 Å². The maximum Gasteiger partial charge on any atom is 0.264 e. The van der Waals surface area contributed by atoms with Crippen LogP contribution in [0.4, 0.5) is 11.4 Å². The van der Waals surface area contributed by atoms with Crippen LogP contribution >= 0.6 is 11.6 Å². The molecule has 0 aromatic heterocycles. The molecule has 5 rings (SSSR count). The summed E-state index contributed by atoms with van der Waals surface area (Å²) in [7, 11) is -3.81. The van der Waals surface area contributed by atoms with Gasteiger partial charge >= 0.3 is 0 Å². The molecule has 4 aromatic carbocycles. The summed E-state index contributed by atoms with van der Waals surface area (Å²) in [6, 6.07) is 28.6. The number of hydrogen-bond acceptors (Lipinski definition) is 5. The molecule has 1 aliphatic heterocycles. The third-order valence-electron chi connectivity index (χ3n) is 6.30. The summed E-state index contributed by atoms with van der Waals surface area (Å²) in [6.07, 6.45) is 1.58. The first kappa shape index (κ1) is 26.6. The highest BCUT2D eigenvalue weighted by atomic mass is 35.5.